The Morgan fingerprint density at radius 2 is 1.61 bits per heavy atom. The summed E-state index contributed by atoms with van der Waals surface area (Å²) in [5, 5.41) is 2.81. The van der Waals surface area contributed by atoms with Crippen LogP contribution in [-0.4, -0.2) is 32.7 Å². The Balaban J connectivity index is 2.07. The zero-order chi connectivity index (χ0) is 20.9. The average molecular weight is 405 g/mol. The van der Waals surface area contributed by atoms with E-state index in [4.69, 9.17) is 4.74 Å². The van der Waals surface area contributed by atoms with Crippen molar-refractivity contribution in [1.29, 1.82) is 0 Å². The van der Waals surface area contributed by atoms with Crippen molar-refractivity contribution in [1.82, 2.24) is 5.32 Å². The minimum Gasteiger partial charge on any atom is -0.491 e. The summed E-state index contributed by atoms with van der Waals surface area (Å²) in [5.74, 6) is 0.398. The highest BCUT2D eigenvalue weighted by Gasteiger charge is 2.28. The molecule has 0 radical (unpaired) electrons. The molecule has 0 spiro atoms. The first-order valence-corrected chi connectivity index (χ1v) is 11.0. The smallest absolute Gasteiger partial charge is 0.243 e. The number of ether oxygens (including phenoxy) is 1. The molecule has 0 aliphatic rings. The molecule has 2 aromatic rings. The number of anilines is 1. The first-order valence-electron chi connectivity index (χ1n) is 9.17. The number of sulfonamides is 1. The van der Waals surface area contributed by atoms with Gasteiger partial charge in [-0.3, -0.25) is 9.10 Å². The molecule has 1 unspecified atom stereocenters. The Labute approximate surface area is 167 Å². The maximum Gasteiger partial charge on any atom is 0.243 e. The molecule has 2 rings (SSSR count). The van der Waals surface area contributed by atoms with E-state index < -0.39 is 16.1 Å². The van der Waals surface area contributed by atoms with Crippen LogP contribution in [0.2, 0.25) is 0 Å². The monoisotopic (exact) mass is 404 g/mol. The Hall–Kier alpha value is -2.54. The number of hydrogen-bond donors (Lipinski definition) is 1. The summed E-state index contributed by atoms with van der Waals surface area (Å²) < 4.78 is 31.3. The second-order valence-corrected chi connectivity index (χ2v) is 8.96. The molecule has 7 heteroatoms. The number of carbonyl (C=O) groups is 1. The summed E-state index contributed by atoms with van der Waals surface area (Å²) >= 11 is 0. The lowest BCUT2D eigenvalue weighted by Crippen LogP contribution is -2.47. The van der Waals surface area contributed by atoms with Crippen LogP contribution in [0.25, 0.3) is 0 Å². The highest BCUT2D eigenvalue weighted by molar-refractivity contribution is 7.92. The van der Waals surface area contributed by atoms with Crippen LogP contribution in [0.1, 0.15) is 31.9 Å². The van der Waals surface area contributed by atoms with Crippen molar-refractivity contribution in [2.75, 3.05) is 10.6 Å². The van der Waals surface area contributed by atoms with Crippen LogP contribution in [0.15, 0.2) is 48.5 Å². The van der Waals surface area contributed by atoms with E-state index in [-0.39, 0.29) is 12.0 Å². The molecule has 0 aromatic heterocycles. The standard InChI is InChI=1S/C21H28N2O4S/c1-15(2)27-20-12-8-18(9-13-20)14-22-21(24)17(4)23(28(5,25)26)19-10-6-16(3)7-11-19/h6-13,15,17H,14H2,1-5H3,(H,22,24). The van der Waals surface area contributed by atoms with Crippen LogP contribution < -0.4 is 14.4 Å². The van der Waals surface area contributed by atoms with Gasteiger partial charge in [-0.05, 0) is 57.5 Å². The molecule has 152 valence electrons. The van der Waals surface area contributed by atoms with E-state index >= 15 is 0 Å². The van der Waals surface area contributed by atoms with Gasteiger partial charge < -0.3 is 10.1 Å². The molecule has 2 aromatic carbocycles. The fourth-order valence-electron chi connectivity index (χ4n) is 2.80. The lowest BCUT2D eigenvalue weighted by Gasteiger charge is -2.28. The minimum atomic E-state index is -3.62. The van der Waals surface area contributed by atoms with E-state index in [2.05, 4.69) is 5.32 Å². The van der Waals surface area contributed by atoms with Gasteiger partial charge in [0.25, 0.3) is 0 Å². The fourth-order valence-corrected chi connectivity index (χ4v) is 3.97. The molecule has 0 fully saturated rings. The van der Waals surface area contributed by atoms with Gasteiger partial charge in [-0.2, -0.15) is 0 Å². The highest BCUT2D eigenvalue weighted by Crippen LogP contribution is 2.21. The molecular formula is C21H28N2O4S. The minimum absolute atomic E-state index is 0.0927. The summed E-state index contributed by atoms with van der Waals surface area (Å²) in [6.07, 6.45) is 1.19. The number of amides is 1. The quantitative estimate of drug-likeness (QED) is 0.733. The molecule has 1 atom stereocenters. The summed E-state index contributed by atoms with van der Waals surface area (Å²) in [7, 11) is -3.62. The molecule has 0 saturated heterocycles. The van der Waals surface area contributed by atoms with Gasteiger partial charge in [-0.25, -0.2) is 8.42 Å². The lowest BCUT2D eigenvalue weighted by atomic mass is 10.2. The van der Waals surface area contributed by atoms with Crippen LogP contribution >= 0.6 is 0 Å². The molecule has 6 nitrogen and oxygen atoms in total. The van der Waals surface area contributed by atoms with Crippen LogP contribution in [0, 0.1) is 6.92 Å². The van der Waals surface area contributed by atoms with E-state index in [1.165, 1.54) is 0 Å². The van der Waals surface area contributed by atoms with E-state index in [1.807, 2.05) is 57.2 Å². The van der Waals surface area contributed by atoms with Gasteiger partial charge >= 0.3 is 0 Å². The Kier molecular flexibility index (Phi) is 7.07. The highest BCUT2D eigenvalue weighted by atomic mass is 32.2. The zero-order valence-corrected chi connectivity index (χ0v) is 17.8. The van der Waals surface area contributed by atoms with Gasteiger partial charge in [0.1, 0.15) is 11.8 Å². The third-order valence-electron chi connectivity index (χ3n) is 4.14. The van der Waals surface area contributed by atoms with Gasteiger partial charge in [0.2, 0.25) is 15.9 Å². The largest absolute Gasteiger partial charge is 0.491 e. The van der Waals surface area contributed by atoms with Crippen molar-refractivity contribution in [2.45, 2.75) is 46.4 Å². The van der Waals surface area contributed by atoms with Crippen LogP contribution in [0.5, 0.6) is 5.75 Å². The number of rotatable bonds is 8. The number of nitrogens with zero attached hydrogens (tertiary/aromatic N) is 1. The Morgan fingerprint density at radius 1 is 1.04 bits per heavy atom. The summed E-state index contributed by atoms with van der Waals surface area (Å²) in [6.45, 7) is 7.71. The van der Waals surface area contributed by atoms with Crippen molar-refractivity contribution in [3.63, 3.8) is 0 Å². The van der Waals surface area contributed by atoms with Crippen molar-refractivity contribution in [2.24, 2.45) is 0 Å². The number of nitrogens with one attached hydrogen (secondary N) is 1. The third-order valence-corrected chi connectivity index (χ3v) is 5.38. The maximum atomic E-state index is 12.6. The van der Waals surface area contributed by atoms with Gasteiger partial charge in [-0.15, -0.1) is 0 Å². The van der Waals surface area contributed by atoms with Gasteiger partial charge in [-0.1, -0.05) is 29.8 Å². The number of benzene rings is 2. The molecule has 1 N–H and O–H groups in total. The molecule has 0 bridgehead atoms. The van der Waals surface area contributed by atoms with E-state index in [9.17, 15) is 13.2 Å². The predicted molar refractivity (Wildman–Crippen MR) is 112 cm³/mol. The van der Waals surface area contributed by atoms with Crippen molar-refractivity contribution >= 4 is 21.6 Å². The Morgan fingerprint density at radius 3 is 2.11 bits per heavy atom. The van der Waals surface area contributed by atoms with Gasteiger partial charge in [0.05, 0.1) is 18.0 Å². The van der Waals surface area contributed by atoms with Crippen LogP contribution in [0.3, 0.4) is 0 Å². The second-order valence-electron chi connectivity index (χ2n) is 7.10. The maximum absolute atomic E-state index is 12.6. The van der Waals surface area contributed by atoms with Crippen molar-refractivity contribution in [3.8, 4) is 5.75 Å². The topological polar surface area (TPSA) is 75.7 Å². The Bertz CT molecular complexity index is 891. The van der Waals surface area contributed by atoms with E-state index in [0.29, 0.717) is 12.2 Å². The molecule has 0 saturated carbocycles. The van der Waals surface area contributed by atoms with E-state index in [1.54, 1.807) is 19.1 Å². The number of aryl methyl sites for hydroxylation is 1. The molecule has 0 aliphatic heterocycles. The van der Waals surface area contributed by atoms with Crippen LogP contribution in [-0.2, 0) is 21.4 Å². The molecule has 0 aliphatic carbocycles. The predicted octanol–water partition coefficient (Wildman–Crippen LogP) is 3.25. The molecule has 0 heterocycles. The first-order chi connectivity index (χ1) is 13.1. The molecule has 28 heavy (non-hydrogen) atoms. The number of hydrogen-bond acceptors (Lipinski definition) is 4. The SMILES string of the molecule is Cc1ccc(N(C(C)C(=O)NCc2ccc(OC(C)C)cc2)S(C)(=O)=O)cc1. The summed E-state index contributed by atoms with van der Waals surface area (Å²) in [5.41, 5.74) is 2.38. The second kappa shape index (κ2) is 9.10. The number of carbonyl (C=O) groups excluding carboxylic acids is 1. The first kappa shape index (κ1) is 21.8. The normalized spacial score (nSPS) is 12.5. The fraction of sp³-hybridized carbons (Fsp3) is 0.381. The van der Waals surface area contributed by atoms with Crippen molar-refractivity contribution < 1.29 is 17.9 Å². The van der Waals surface area contributed by atoms with Gasteiger partial charge in [0, 0.05) is 6.54 Å². The average Bonchev–Trinajstić information content (AvgIpc) is 2.61. The zero-order valence-electron chi connectivity index (χ0n) is 17.0. The summed E-state index contributed by atoms with van der Waals surface area (Å²) in [6, 6.07) is 13.6. The lowest BCUT2D eigenvalue weighted by molar-refractivity contribution is -0.122. The third kappa shape index (κ3) is 5.99. The van der Waals surface area contributed by atoms with E-state index in [0.717, 1.165) is 27.4 Å². The van der Waals surface area contributed by atoms with Crippen LogP contribution in [0.4, 0.5) is 5.69 Å². The van der Waals surface area contributed by atoms with Gasteiger partial charge in [0.15, 0.2) is 0 Å². The summed E-state index contributed by atoms with van der Waals surface area (Å²) in [4.78, 5) is 12.6. The molecular weight excluding hydrogens is 376 g/mol. The van der Waals surface area contributed by atoms with Crippen molar-refractivity contribution in [3.05, 3.63) is 59.7 Å². The molecule has 1 amide bonds.